The first kappa shape index (κ1) is 12.7. The smallest absolute Gasteiger partial charge is 0.141 e. The molecule has 0 aliphatic rings. The van der Waals surface area contributed by atoms with Gasteiger partial charge in [-0.1, -0.05) is 29.8 Å². The highest BCUT2D eigenvalue weighted by Crippen LogP contribution is 2.35. The number of hydrogen-bond acceptors (Lipinski definition) is 3. The maximum atomic E-state index is 9.85. The van der Waals surface area contributed by atoms with Gasteiger partial charge < -0.3 is 14.9 Å². The van der Waals surface area contributed by atoms with Crippen LogP contribution >= 0.6 is 11.6 Å². The molecule has 0 spiro atoms. The maximum absolute atomic E-state index is 9.85. The number of phenolic OH excluding ortho intramolecular Hbond substituents is 1. The van der Waals surface area contributed by atoms with E-state index >= 15 is 0 Å². The molecule has 0 fully saturated rings. The van der Waals surface area contributed by atoms with Crippen LogP contribution in [0.15, 0.2) is 36.4 Å². The SMILES string of the molecule is OCCOc1[c]cc(-c2cccc(Cl)c2O)cc1. The molecule has 2 N–H and O–H groups in total. The van der Waals surface area contributed by atoms with E-state index < -0.39 is 0 Å². The lowest BCUT2D eigenvalue weighted by Gasteiger charge is -2.07. The second-order valence-electron chi connectivity index (χ2n) is 3.65. The highest BCUT2D eigenvalue weighted by molar-refractivity contribution is 6.32. The molecule has 0 aliphatic carbocycles. The predicted octanol–water partition coefficient (Wildman–Crippen LogP) is 2.88. The van der Waals surface area contributed by atoms with Gasteiger partial charge in [-0.2, -0.15) is 0 Å². The molecule has 0 amide bonds. The Morgan fingerprint density at radius 3 is 2.72 bits per heavy atom. The van der Waals surface area contributed by atoms with E-state index in [1.807, 2.05) is 0 Å². The van der Waals surface area contributed by atoms with Crippen LogP contribution in [0.5, 0.6) is 11.5 Å². The second-order valence-corrected chi connectivity index (χ2v) is 4.06. The lowest BCUT2D eigenvalue weighted by molar-refractivity contribution is 0.201. The Morgan fingerprint density at radius 1 is 1.22 bits per heavy atom. The van der Waals surface area contributed by atoms with Gasteiger partial charge in [-0.15, -0.1) is 0 Å². The fraction of sp³-hybridized carbons (Fsp3) is 0.143. The van der Waals surface area contributed by atoms with Crippen LogP contribution < -0.4 is 4.74 Å². The number of halogens is 1. The molecule has 0 heterocycles. The Hall–Kier alpha value is -1.71. The van der Waals surface area contributed by atoms with Crippen molar-refractivity contribution in [2.75, 3.05) is 13.2 Å². The van der Waals surface area contributed by atoms with E-state index in [1.165, 1.54) is 0 Å². The maximum Gasteiger partial charge on any atom is 0.141 e. The summed E-state index contributed by atoms with van der Waals surface area (Å²) < 4.78 is 5.21. The van der Waals surface area contributed by atoms with E-state index in [1.54, 1.807) is 36.4 Å². The molecule has 1 radical (unpaired) electrons. The van der Waals surface area contributed by atoms with Crippen LogP contribution in [0.2, 0.25) is 5.02 Å². The van der Waals surface area contributed by atoms with Gasteiger partial charge in [0.15, 0.2) is 0 Å². The summed E-state index contributed by atoms with van der Waals surface area (Å²) in [5.41, 5.74) is 1.44. The monoisotopic (exact) mass is 263 g/mol. The zero-order chi connectivity index (χ0) is 13.0. The Kier molecular flexibility index (Phi) is 4.07. The topological polar surface area (TPSA) is 49.7 Å². The Morgan fingerprint density at radius 2 is 2.06 bits per heavy atom. The van der Waals surface area contributed by atoms with Crippen LogP contribution in [-0.2, 0) is 0 Å². The number of aromatic hydroxyl groups is 1. The number of aliphatic hydroxyl groups excluding tert-OH is 1. The molecule has 4 heteroatoms. The zero-order valence-corrected chi connectivity index (χ0v) is 10.3. The van der Waals surface area contributed by atoms with Crippen molar-refractivity contribution in [2.45, 2.75) is 0 Å². The molecule has 93 valence electrons. The molecule has 0 aromatic heterocycles. The van der Waals surface area contributed by atoms with E-state index in [9.17, 15) is 5.11 Å². The molecular weight excluding hydrogens is 252 g/mol. The summed E-state index contributed by atoms with van der Waals surface area (Å²) >= 11 is 5.85. The molecule has 2 aromatic rings. The molecule has 0 atom stereocenters. The highest BCUT2D eigenvalue weighted by atomic mass is 35.5. The number of hydrogen-bond donors (Lipinski definition) is 2. The van der Waals surface area contributed by atoms with Crippen LogP contribution in [0, 0.1) is 6.07 Å². The van der Waals surface area contributed by atoms with E-state index in [-0.39, 0.29) is 19.0 Å². The van der Waals surface area contributed by atoms with Gasteiger partial charge in [0.1, 0.15) is 18.1 Å². The van der Waals surface area contributed by atoms with Crippen LogP contribution in [0.1, 0.15) is 0 Å². The number of rotatable bonds is 4. The number of para-hydroxylation sites is 1. The fourth-order valence-corrected chi connectivity index (χ4v) is 1.75. The minimum atomic E-state index is -0.0370. The summed E-state index contributed by atoms with van der Waals surface area (Å²) in [7, 11) is 0. The van der Waals surface area contributed by atoms with Crippen LogP contribution in [0.4, 0.5) is 0 Å². The third kappa shape index (κ3) is 2.75. The van der Waals surface area contributed by atoms with Gasteiger partial charge in [0.05, 0.1) is 11.6 Å². The predicted molar refractivity (Wildman–Crippen MR) is 70.0 cm³/mol. The van der Waals surface area contributed by atoms with E-state index in [0.29, 0.717) is 16.3 Å². The summed E-state index contributed by atoms with van der Waals surface area (Å²) in [6.45, 7) is 0.197. The second kappa shape index (κ2) is 5.76. The summed E-state index contributed by atoms with van der Waals surface area (Å²) in [5.74, 6) is 0.603. The number of phenols is 1. The number of ether oxygens (including phenoxy) is 1. The third-order valence-electron chi connectivity index (χ3n) is 2.43. The van der Waals surface area contributed by atoms with Gasteiger partial charge in [-0.25, -0.2) is 0 Å². The van der Waals surface area contributed by atoms with Crippen molar-refractivity contribution in [3.8, 4) is 22.6 Å². The Labute approximate surface area is 110 Å². The molecule has 0 saturated carbocycles. The summed E-state index contributed by atoms with van der Waals surface area (Å²) in [6, 6.07) is 13.3. The lowest BCUT2D eigenvalue weighted by Crippen LogP contribution is -2.01. The highest BCUT2D eigenvalue weighted by Gasteiger charge is 2.07. The van der Waals surface area contributed by atoms with Crippen molar-refractivity contribution in [2.24, 2.45) is 0 Å². The summed E-state index contributed by atoms with van der Waals surface area (Å²) in [4.78, 5) is 0. The summed E-state index contributed by atoms with van der Waals surface area (Å²) in [6.07, 6.45) is 0. The van der Waals surface area contributed by atoms with Crippen LogP contribution in [0.3, 0.4) is 0 Å². The zero-order valence-electron chi connectivity index (χ0n) is 9.56. The molecule has 0 bridgehead atoms. The van der Waals surface area contributed by atoms with Crippen LogP contribution in [0.25, 0.3) is 11.1 Å². The average Bonchev–Trinajstić information content (AvgIpc) is 2.40. The molecule has 0 unspecified atom stereocenters. The minimum absolute atomic E-state index is 0.0370. The Balaban J connectivity index is 2.26. The normalized spacial score (nSPS) is 10.3. The van der Waals surface area contributed by atoms with Gasteiger partial charge in [0, 0.05) is 11.6 Å². The van der Waals surface area contributed by atoms with E-state index in [0.717, 1.165) is 5.56 Å². The lowest BCUT2D eigenvalue weighted by atomic mass is 10.0. The minimum Gasteiger partial charge on any atom is -0.506 e. The molecule has 2 rings (SSSR count). The number of benzene rings is 2. The van der Waals surface area contributed by atoms with Crippen molar-refractivity contribution in [3.05, 3.63) is 47.5 Å². The van der Waals surface area contributed by atoms with Gasteiger partial charge in [0.25, 0.3) is 0 Å². The fourth-order valence-electron chi connectivity index (χ4n) is 1.57. The van der Waals surface area contributed by atoms with Gasteiger partial charge in [-0.3, -0.25) is 0 Å². The van der Waals surface area contributed by atoms with Gasteiger partial charge >= 0.3 is 0 Å². The summed E-state index contributed by atoms with van der Waals surface area (Å²) in [5, 5.41) is 18.8. The first-order chi connectivity index (χ1) is 8.72. The molecule has 3 nitrogen and oxygen atoms in total. The van der Waals surface area contributed by atoms with E-state index in [4.69, 9.17) is 21.4 Å². The Bertz CT molecular complexity index is 523. The van der Waals surface area contributed by atoms with Crippen molar-refractivity contribution in [1.82, 2.24) is 0 Å². The van der Waals surface area contributed by atoms with Crippen LogP contribution in [-0.4, -0.2) is 23.4 Å². The molecular formula is C14H12ClO3. The largest absolute Gasteiger partial charge is 0.506 e. The third-order valence-corrected chi connectivity index (χ3v) is 2.74. The van der Waals surface area contributed by atoms with Crippen molar-refractivity contribution in [1.29, 1.82) is 0 Å². The first-order valence-corrected chi connectivity index (χ1v) is 5.83. The molecule has 0 saturated heterocycles. The standard InChI is InChI=1S/C14H12ClO3/c15-13-3-1-2-12(14(13)17)10-4-6-11(7-5-10)18-9-8-16/h1-6,16-17H,8-9H2. The number of aliphatic hydroxyl groups is 1. The molecule has 18 heavy (non-hydrogen) atoms. The molecule has 0 aliphatic heterocycles. The van der Waals surface area contributed by atoms with Gasteiger partial charge in [-0.05, 0) is 23.8 Å². The van der Waals surface area contributed by atoms with Gasteiger partial charge in [0.2, 0.25) is 0 Å². The first-order valence-electron chi connectivity index (χ1n) is 5.45. The average molecular weight is 264 g/mol. The quantitative estimate of drug-likeness (QED) is 0.892. The van der Waals surface area contributed by atoms with Crippen molar-refractivity contribution in [3.63, 3.8) is 0 Å². The van der Waals surface area contributed by atoms with Crippen molar-refractivity contribution >= 4 is 11.6 Å². The van der Waals surface area contributed by atoms with Crippen molar-refractivity contribution < 1.29 is 14.9 Å². The van der Waals surface area contributed by atoms with E-state index in [2.05, 4.69) is 6.07 Å². The molecule has 2 aromatic carbocycles.